The molecule has 0 unspecified atom stereocenters. The number of nitrogens with two attached hydrogens (primary N) is 1. The summed E-state index contributed by atoms with van der Waals surface area (Å²) in [5, 5.41) is 12.1. The first kappa shape index (κ1) is 58.7. The number of halogens is 5. The van der Waals surface area contributed by atoms with Gasteiger partial charge in [-0.2, -0.15) is 15.2 Å². The zero-order valence-corrected chi connectivity index (χ0v) is 47.0. The Hall–Kier alpha value is -8.40. The van der Waals surface area contributed by atoms with Crippen LogP contribution in [0.1, 0.15) is 113 Å². The van der Waals surface area contributed by atoms with E-state index >= 15 is 0 Å². The van der Waals surface area contributed by atoms with Gasteiger partial charge in [-0.05, 0) is 54.8 Å². The predicted molar refractivity (Wildman–Crippen MR) is 292 cm³/mol. The van der Waals surface area contributed by atoms with Crippen LogP contribution < -0.4 is 20.5 Å². The molecule has 10 rings (SSSR count). The summed E-state index contributed by atoms with van der Waals surface area (Å²) in [6, 6.07) is 9.89. The third-order valence-electron chi connectivity index (χ3n) is 13.1. The second-order valence-electron chi connectivity index (χ2n) is 20.1. The highest BCUT2D eigenvalue weighted by Crippen LogP contribution is 2.41. The van der Waals surface area contributed by atoms with Gasteiger partial charge >= 0.3 is 0 Å². The van der Waals surface area contributed by atoms with E-state index in [9.17, 15) is 27.2 Å². The number of nitrogens with zero attached hydrogens (tertiary/aromatic N) is 14. The summed E-state index contributed by atoms with van der Waals surface area (Å²) in [4.78, 5) is 55.1. The highest BCUT2D eigenvalue weighted by atomic mass is 79.9. The number of imidazole rings is 2. The lowest BCUT2D eigenvalue weighted by Crippen LogP contribution is -2.22. The molecular formula is C54H57BrF4N16O6. The molecule has 2 aliphatic rings. The zero-order valence-electron chi connectivity index (χ0n) is 45.4. The lowest BCUT2D eigenvalue weighted by molar-refractivity contribution is -0.117. The molecule has 2 atom stereocenters. The van der Waals surface area contributed by atoms with E-state index in [1.807, 2.05) is 32.4 Å². The maximum absolute atomic E-state index is 14.4. The van der Waals surface area contributed by atoms with Crippen LogP contribution in [0.5, 0.6) is 23.0 Å². The molecule has 8 aromatic heterocycles. The summed E-state index contributed by atoms with van der Waals surface area (Å²) >= 11 is 3.20. The van der Waals surface area contributed by atoms with Gasteiger partial charge in [0.2, 0.25) is 5.95 Å². The van der Waals surface area contributed by atoms with Crippen molar-refractivity contribution in [2.45, 2.75) is 103 Å². The molecule has 0 aliphatic carbocycles. The molecule has 22 nitrogen and oxygen atoms in total. The van der Waals surface area contributed by atoms with Crippen molar-refractivity contribution in [3.05, 3.63) is 123 Å². The summed E-state index contributed by atoms with van der Waals surface area (Å²) < 4.78 is 85.5. The Morgan fingerprint density at radius 2 is 1.21 bits per heavy atom. The minimum absolute atomic E-state index is 0.0111. The number of rotatable bonds is 16. The smallest absolute Gasteiger partial charge is 0.269 e. The van der Waals surface area contributed by atoms with Crippen molar-refractivity contribution in [3.63, 3.8) is 0 Å². The number of aryl methyl sites for hydroxylation is 2. The average Bonchev–Trinajstić information content (AvgIpc) is 4.41. The van der Waals surface area contributed by atoms with Crippen LogP contribution >= 0.6 is 15.9 Å². The predicted octanol–water partition coefficient (Wildman–Crippen LogP) is 10.8. The van der Waals surface area contributed by atoms with Crippen LogP contribution in [0.15, 0.2) is 65.9 Å². The molecule has 0 aromatic carbocycles. The van der Waals surface area contributed by atoms with Crippen molar-refractivity contribution in [2.75, 3.05) is 37.5 Å². The third-order valence-corrected chi connectivity index (χ3v) is 13.8. The van der Waals surface area contributed by atoms with E-state index in [0.29, 0.717) is 59.0 Å². The molecule has 0 radical (unpaired) electrons. The van der Waals surface area contributed by atoms with Crippen molar-refractivity contribution in [3.8, 4) is 23.0 Å². The molecule has 2 aliphatic heterocycles. The number of Topliss-reactive ketones (excluding diaryl/α,β-unsaturated/α-hetero) is 2. The Morgan fingerprint density at radius 1 is 0.741 bits per heavy atom. The fourth-order valence-electron chi connectivity index (χ4n) is 9.03. The standard InChI is InChI=1S/C27H28F2N8O3.C16H13BrF2N4O2.C11H16N4O/c1-15(38)10-16-11-18(6-8-31-16)40-19-13-32-25-23(22(19)24(28)29)36(5)26(34-25)33-21-12-20(27(2,3)30-4)37(35-21)17-7-9-39-14-17;1-8(24)5-9-6-10(3-4-20-9)25-11-7-21-15-13(12(11)14(18)19)23(2)16(17)22-15;1-11(2,13-3)9-6-10(12)14-15(9)8-4-5-16-7-8/h6,8,11-13,17,24H,7,9-10,14H2,1-3,5H3,(H,32,33,34,35);3-4,6-7,14H,5H2,1-2H3;6,8H,4-5,7H2,1-2H3,(H2,12,14)/t17-;;8-/m1.1/s1. The van der Waals surface area contributed by atoms with E-state index in [0.717, 1.165) is 25.1 Å². The Balaban J connectivity index is 0.000000178. The quantitative estimate of drug-likeness (QED) is 0.0675. The summed E-state index contributed by atoms with van der Waals surface area (Å²) in [6.07, 6.45) is 1.61. The molecule has 8 aromatic rings. The molecule has 0 saturated carbocycles. The van der Waals surface area contributed by atoms with Crippen LogP contribution in [-0.2, 0) is 57.1 Å². The first-order chi connectivity index (χ1) is 38.5. The van der Waals surface area contributed by atoms with E-state index in [1.54, 1.807) is 37.0 Å². The molecule has 2 saturated heterocycles. The maximum atomic E-state index is 14.4. The highest BCUT2D eigenvalue weighted by molar-refractivity contribution is 9.10. The molecular weight excluding hydrogens is 1120 g/mol. The van der Waals surface area contributed by atoms with Crippen LogP contribution in [0, 0.1) is 13.1 Å². The summed E-state index contributed by atoms with van der Waals surface area (Å²) in [5.74, 6) is 1.35. The number of fused-ring (bicyclic) bond motifs is 2. The van der Waals surface area contributed by atoms with E-state index in [2.05, 4.69) is 71.0 Å². The minimum Gasteiger partial charge on any atom is -0.455 e. The molecule has 81 heavy (non-hydrogen) atoms. The van der Waals surface area contributed by atoms with E-state index in [-0.39, 0.29) is 93.1 Å². The van der Waals surface area contributed by atoms with Crippen LogP contribution in [0.3, 0.4) is 0 Å². The average molecular weight is 1180 g/mol. The number of aromatic nitrogens is 12. The van der Waals surface area contributed by atoms with Gasteiger partial charge in [0.25, 0.3) is 23.9 Å². The number of alkyl halides is 4. The van der Waals surface area contributed by atoms with Crippen LogP contribution in [0.2, 0.25) is 0 Å². The Morgan fingerprint density at radius 3 is 1.67 bits per heavy atom. The van der Waals surface area contributed by atoms with Gasteiger partial charge in [0.1, 0.15) is 51.3 Å². The molecule has 0 spiro atoms. The van der Waals surface area contributed by atoms with Crippen molar-refractivity contribution in [1.82, 2.24) is 58.6 Å². The van der Waals surface area contributed by atoms with Crippen LogP contribution in [0.4, 0.5) is 35.1 Å². The van der Waals surface area contributed by atoms with Gasteiger partial charge in [-0.1, -0.05) is 0 Å². The number of nitrogen functional groups attached to an aromatic ring is 1. The van der Waals surface area contributed by atoms with E-state index in [1.165, 1.54) is 66.0 Å². The van der Waals surface area contributed by atoms with Gasteiger partial charge in [-0.25, -0.2) is 45.7 Å². The molecule has 0 bridgehead atoms. The van der Waals surface area contributed by atoms with Crippen molar-refractivity contribution in [1.29, 1.82) is 0 Å². The number of carbonyl (C=O) groups is 2. The largest absolute Gasteiger partial charge is 0.455 e. The summed E-state index contributed by atoms with van der Waals surface area (Å²) in [6.45, 7) is 27.7. The first-order valence-corrected chi connectivity index (χ1v) is 26.1. The number of anilines is 3. The number of carbonyl (C=O) groups excluding carboxylic acids is 2. The number of ketones is 2. The minimum atomic E-state index is -2.89. The fraction of sp³-hybridized carbons (Fsp3) is 0.407. The number of hydrogen-bond donors (Lipinski definition) is 2. The van der Waals surface area contributed by atoms with E-state index < -0.39 is 23.9 Å². The SMILES string of the molecule is CC(=O)Cc1cc(Oc2cnc3nc(Br)n(C)c3c2C(F)F)ccn1.[C-]#[N+]C(C)(C)c1cc(N)nn1[C@@H]1CCOC1.[C-]#[N+]C(C)(C)c1cc(Nc2nc3ncc(Oc4ccnc(CC(C)=O)c4)c(C(F)F)c3n2C)nn1[C@@H]1CCOC1. The number of pyridine rings is 4. The molecule has 424 valence electrons. The Labute approximate surface area is 470 Å². The van der Waals surface area contributed by atoms with Gasteiger partial charge in [0.15, 0.2) is 33.3 Å². The van der Waals surface area contributed by atoms with Gasteiger partial charge < -0.3 is 48.8 Å². The molecule has 0 amide bonds. The highest BCUT2D eigenvalue weighted by Gasteiger charge is 2.37. The third kappa shape index (κ3) is 13.3. The van der Waals surface area contributed by atoms with Crippen molar-refractivity contribution in [2.24, 2.45) is 14.1 Å². The number of ether oxygens (including phenoxy) is 4. The van der Waals surface area contributed by atoms with Crippen molar-refractivity contribution >= 4 is 67.4 Å². The lowest BCUT2D eigenvalue weighted by Gasteiger charge is -2.17. The monoisotopic (exact) mass is 1180 g/mol. The Bertz CT molecular complexity index is 3700. The number of hydrogen-bond acceptors (Lipinski definition) is 16. The second-order valence-corrected chi connectivity index (χ2v) is 20.8. The molecule has 3 N–H and O–H groups in total. The van der Waals surface area contributed by atoms with Gasteiger partial charge in [0.05, 0.1) is 60.2 Å². The second kappa shape index (κ2) is 24.5. The van der Waals surface area contributed by atoms with E-state index in [4.69, 9.17) is 37.8 Å². The van der Waals surface area contributed by atoms with Gasteiger partial charge in [-0.15, -0.1) is 0 Å². The van der Waals surface area contributed by atoms with Gasteiger partial charge in [0, 0.05) is 105 Å². The molecule has 10 heterocycles. The summed E-state index contributed by atoms with van der Waals surface area (Å²) in [5.41, 5.74) is 6.76. The fourth-order valence-corrected chi connectivity index (χ4v) is 9.37. The Kier molecular flexibility index (Phi) is 17.8. The first-order valence-electron chi connectivity index (χ1n) is 25.3. The topological polar surface area (TPSA) is 241 Å². The van der Waals surface area contributed by atoms with Gasteiger partial charge in [-0.3, -0.25) is 28.9 Å². The zero-order chi connectivity index (χ0) is 58.5. The molecule has 2 fully saturated rings. The normalized spacial score (nSPS) is 15.3. The van der Waals surface area contributed by atoms with Crippen LogP contribution in [0.25, 0.3) is 32.0 Å². The maximum Gasteiger partial charge on any atom is 0.269 e. The number of nitrogens with one attached hydrogen (secondary N) is 1. The summed E-state index contributed by atoms with van der Waals surface area (Å²) in [7, 11) is 3.20. The van der Waals surface area contributed by atoms with Crippen LogP contribution in [-0.4, -0.2) is 96.6 Å². The van der Waals surface area contributed by atoms with Crippen molar-refractivity contribution < 1.29 is 46.1 Å². The lowest BCUT2D eigenvalue weighted by atomic mass is 10.0. The molecule has 27 heteroatoms.